The van der Waals surface area contributed by atoms with Crippen LogP contribution in [0.5, 0.6) is 0 Å². The van der Waals surface area contributed by atoms with E-state index >= 15 is 0 Å². The van der Waals surface area contributed by atoms with Crippen LogP contribution in [0.2, 0.25) is 0 Å². The lowest BCUT2D eigenvalue weighted by Crippen LogP contribution is -2.57. The van der Waals surface area contributed by atoms with Crippen LogP contribution >= 0.6 is 12.4 Å². The minimum absolute atomic E-state index is 0. The number of amides is 1. The SMILES string of the molecule is CCOC(=O)C1=C[C@@H](OC(CC)CC)[C@H](NC(C)=O)[C@@H](N)C1.Cl. The molecule has 0 aromatic heterocycles. The van der Waals surface area contributed by atoms with E-state index in [1.54, 1.807) is 13.0 Å². The van der Waals surface area contributed by atoms with Crippen molar-refractivity contribution in [3.05, 3.63) is 11.6 Å². The van der Waals surface area contributed by atoms with E-state index in [-0.39, 0.29) is 42.5 Å². The van der Waals surface area contributed by atoms with Crippen molar-refractivity contribution in [1.29, 1.82) is 0 Å². The van der Waals surface area contributed by atoms with Crippen molar-refractivity contribution in [2.45, 2.75) is 71.2 Å². The number of nitrogens with one attached hydrogen (secondary N) is 1. The number of nitrogens with two attached hydrogens (primary N) is 1. The fourth-order valence-corrected chi connectivity index (χ4v) is 2.62. The quantitative estimate of drug-likeness (QED) is 0.683. The highest BCUT2D eigenvalue weighted by atomic mass is 35.5. The summed E-state index contributed by atoms with van der Waals surface area (Å²) in [5.41, 5.74) is 6.68. The summed E-state index contributed by atoms with van der Waals surface area (Å²) in [6.45, 7) is 7.62. The molecule has 0 fully saturated rings. The highest BCUT2D eigenvalue weighted by Gasteiger charge is 2.35. The second-order valence-electron chi connectivity index (χ2n) is 5.55. The van der Waals surface area contributed by atoms with Crippen molar-refractivity contribution >= 4 is 24.3 Å². The maximum Gasteiger partial charge on any atom is 0.333 e. The van der Waals surface area contributed by atoms with E-state index in [4.69, 9.17) is 15.2 Å². The zero-order valence-electron chi connectivity index (χ0n) is 14.3. The largest absolute Gasteiger partial charge is 0.463 e. The van der Waals surface area contributed by atoms with Gasteiger partial charge in [-0.3, -0.25) is 4.79 Å². The first-order valence-electron chi connectivity index (χ1n) is 7.98. The first kappa shape index (κ1) is 21.9. The van der Waals surface area contributed by atoms with Crippen LogP contribution in [0.3, 0.4) is 0 Å². The van der Waals surface area contributed by atoms with Crippen molar-refractivity contribution in [3.8, 4) is 0 Å². The van der Waals surface area contributed by atoms with Crippen LogP contribution < -0.4 is 11.1 Å². The summed E-state index contributed by atoms with van der Waals surface area (Å²) >= 11 is 0. The standard InChI is InChI=1S/C16H28N2O4.ClH/c1-5-12(6-2)22-14-9-11(16(20)21-7-3)8-13(17)15(14)18-10(4)19;/h9,12-15H,5-8,17H2,1-4H3,(H,18,19);1H/t13-,14+,15+;/m0./s1. The topological polar surface area (TPSA) is 90.6 Å². The van der Waals surface area contributed by atoms with Gasteiger partial charge in [0, 0.05) is 18.5 Å². The van der Waals surface area contributed by atoms with Gasteiger partial charge >= 0.3 is 5.97 Å². The number of hydrogen-bond acceptors (Lipinski definition) is 5. The molecule has 0 saturated carbocycles. The van der Waals surface area contributed by atoms with Crippen LogP contribution in [0.4, 0.5) is 0 Å². The van der Waals surface area contributed by atoms with E-state index < -0.39 is 6.10 Å². The number of ether oxygens (including phenoxy) is 2. The Bertz CT molecular complexity index is 424. The van der Waals surface area contributed by atoms with Gasteiger partial charge < -0.3 is 20.5 Å². The van der Waals surface area contributed by atoms with Crippen molar-refractivity contribution < 1.29 is 19.1 Å². The van der Waals surface area contributed by atoms with E-state index in [2.05, 4.69) is 5.32 Å². The summed E-state index contributed by atoms with van der Waals surface area (Å²) in [7, 11) is 0. The number of carbonyl (C=O) groups excluding carboxylic acids is 2. The van der Waals surface area contributed by atoms with Crippen LogP contribution in [-0.4, -0.2) is 42.8 Å². The van der Waals surface area contributed by atoms with Crippen LogP contribution in [0.1, 0.15) is 47.0 Å². The molecule has 3 N–H and O–H groups in total. The maximum atomic E-state index is 12.0. The van der Waals surface area contributed by atoms with Crippen molar-refractivity contribution in [2.75, 3.05) is 6.61 Å². The molecule has 134 valence electrons. The van der Waals surface area contributed by atoms with Crippen LogP contribution in [0.15, 0.2) is 11.6 Å². The predicted molar refractivity (Wildman–Crippen MR) is 91.4 cm³/mol. The molecule has 0 aromatic carbocycles. The van der Waals surface area contributed by atoms with Gasteiger partial charge in [-0.05, 0) is 32.3 Å². The van der Waals surface area contributed by atoms with Crippen LogP contribution in [0, 0.1) is 0 Å². The molecule has 23 heavy (non-hydrogen) atoms. The zero-order valence-corrected chi connectivity index (χ0v) is 15.2. The summed E-state index contributed by atoms with van der Waals surface area (Å²) in [5.74, 6) is -0.524. The van der Waals surface area contributed by atoms with Crippen LogP contribution in [-0.2, 0) is 19.1 Å². The third-order valence-electron chi connectivity index (χ3n) is 3.80. The first-order valence-corrected chi connectivity index (χ1v) is 7.98. The summed E-state index contributed by atoms with van der Waals surface area (Å²) in [6.07, 6.45) is 3.48. The summed E-state index contributed by atoms with van der Waals surface area (Å²) in [5, 5.41) is 2.84. The molecular weight excluding hydrogens is 320 g/mol. The number of hydrogen-bond donors (Lipinski definition) is 2. The van der Waals surface area contributed by atoms with Gasteiger partial charge in [0.05, 0.1) is 24.9 Å². The van der Waals surface area contributed by atoms with Gasteiger partial charge in [0.25, 0.3) is 0 Å². The molecule has 0 saturated heterocycles. The van der Waals surface area contributed by atoms with Gasteiger partial charge in [-0.2, -0.15) is 0 Å². The summed E-state index contributed by atoms with van der Waals surface area (Å²) in [6, 6.07) is -0.719. The molecule has 0 aromatic rings. The monoisotopic (exact) mass is 348 g/mol. The molecule has 1 aliphatic carbocycles. The number of carbonyl (C=O) groups is 2. The molecule has 0 radical (unpaired) electrons. The predicted octanol–water partition coefficient (Wildman–Crippen LogP) is 1.71. The molecule has 0 unspecified atom stereocenters. The third kappa shape index (κ3) is 6.49. The Morgan fingerprint density at radius 1 is 1.35 bits per heavy atom. The molecule has 0 aliphatic heterocycles. The number of esters is 1. The van der Waals surface area contributed by atoms with E-state index in [9.17, 15) is 9.59 Å². The lowest BCUT2D eigenvalue weighted by atomic mass is 9.88. The average molecular weight is 349 g/mol. The van der Waals surface area contributed by atoms with Gasteiger partial charge in [-0.25, -0.2) is 4.79 Å². The van der Waals surface area contributed by atoms with E-state index in [1.807, 2.05) is 13.8 Å². The molecular formula is C16H29ClN2O4. The highest BCUT2D eigenvalue weighted by Crippen LogP contribution is 2.24. The Morgan fingerprint density at radius 2 is 1.96 bits per heavy atom. The zero-order chi connectivity index (χ0) is 16.7. The molecule has 0 spiro atoms. The third-order valence-corrected chi connectivity index (χ3v) is 3.80. The number of rotatable bonds is 7. The molecule has 1 amide bonds. The Balaban J connectivity index is 0.00000484. The Morgan fingerprint density at radius 3 is 2.43 bits per heavy atom. The minimum Gasteiger partial charge on any atom is -0.463 e. The Kier molecular flexibility index (Phi) is 10.1. The molecule has 7 heteroatoms. The Hall–Kier alpha value is -1.11. The van der Waals surface area contributed by atoms with Gasteiger partial charge in [0.15, 0.2) is 0 Å². The second kappa shape index (κ2) is 10.6. The molecule has 1 rings (SSSR count). The minimum atomic E-state index is -0.419. The molecule has 0 heterocycles. The smallest absolute Gasteiger partial charge is 0.333 e. The van der Waals surface area contributed by atoms with Crippen LogP contribution in [0.25, 0.3) is 0 Å². The van der Waals surface area contributed by atoms with Crippen molar-refractivity contribution in [3.63, 3.8) is 0 Å². The van der Waals surface area contributed by atoms with Gasteiger partial charge in [-0.15, -0.1) is 12.4 Å². The fourth-order valence-electron chi connectivity index (χ4n) is 2.62. The first-order chi connectivity index (χ1) is 10.4. The van der Waals surface area contributed by atoms with Gasteiger partial charge in [0.2, 0.25) is 5.91 Å². The van der Waals surface area contributed by atoms with Crippen molar-refractivity contribution in [2.24, 2.45) is 5.73 Å². The van der Waals surface area contributed by atoms with E-state index in [0.29, 0.717) is 18.6 Å². The highest BCUT2D eigenvalue weighted by molar-refractivity contribution is 5.89. The van der Waals surface area contributed by atoms with Gasteiger partial charge in [0.1, 0.15) is 0 Å². The maximum absolute atomic E-state index is 12.0. The van der Waals surface area contributed by atoms with E-state index in [0.717, 1.165) is 12.8 Å². The summed E-state index contributed by atoms with van der Waals surface area (Å²) < 4.78 is 11.1. The molecule has 3 atom stereocenters. The summed E-state index contributed by atoms with van der Waals surface area (Å²) in [4.78, 5) is 23.4. The average Bonchev–Trinajstić information content (AvgIpc) is 2.47. The second-order valence-corrected chi connectivity index (χ2v) is 5.55. The fraction of sp³-hybridized carbons (Fsp3) is 0.750. The number of halogens is 1. The Labute approximate surface area is 144 Å². The lowest BCUT2D eigenvalue weighted by molar-refractivity contribution is -0.139. The van der Waals surface area contributed by atoms with E-state index in [1.165, 1.54) is 6.92 Å². The lowest BCUT2D eigenvalue weighted by Gasteiger charge is -2.36. The van der Waals surface area contributed by atoms with Gasteiger partial charge in [-0.1, -0.05) is 13.8 Å². The molecule has 6 nitrogen and oxygen atoms in total. The van der Waals surface area contributed by atoms with Crippen molar-refractivity contribution in [1.82, 2.24) is 5.32 Å². The molecule has 1 aliphatic rings. The molecule has 0 bridgehead atoms. The normalized spacial score (nSPS) is 23.7.